The summed E-state index contributed by atoms with van der Waals surface area (Å²) < 4.78 is 1.33. The maximum Gasteiger partial charge on any atom is 0.352 e. The van der Waals surface area contributed by atoms with E-state index in [0.29, 0.717) is 13.1 Å². The van der Waals surface area contributed by atoms with Crippen LogP contribution < -0.4 is 10.6 Å². The van der Waals surface area contributed by atoms with Gasteiger partial charge in [-0.15, -0.1) is 0 Å². The van der Waals surface area contributed by atoms with E-state index in [1.165, 1.54) is 16.8 Å². The number of carbonyl (C=O) groups is 3. The molecule has 2 rings (SSSR count). The normalized spacial score (nSPS) is 14.8. The van der Waals surface area contributed by atoms with Gasteiger partial charge in [0.25, 0.3) is 0 Å². The first kappa shape index (κ1) is 15.0. The number of nitrogens with one attached hydrogen (secondary N) is 2. The van der Waals surface area contributed by atoms with Crippen molar-refractivity contribution in [3.8, 4) is 0 Å². The van der Waals surface area contributed by atoms with Crippen LogP contribution in [0.15, 0.2) is 18.3 Å². The second-order valence-corrected chi connectivity index (χ2v) is 4.73. The van der Waals surface area contributed by atoms with Crippen LogP contribution in [0, 0.1) is 0 Å². The average Bonchev–Trinajstić information content (AvgIpc) is 2.94. The fraction of sp³-hybridized carbons (Fsp3) is 0.462. The molecule has 1 fully saturated rings. The Morgan fingerprint density at radius 2 is 2.00 bits per heavy atom. The summed E-state index contributed by atoms with van der Waals surface area (Å²) in [5.74, 6) is -1.61. The number of hydrogen-bond acceptors (Lipinski definition) is 4. The standard InChI is InChI=1S/C13H18N4O4/c18-11(9-17-5-1-2-10(17)13(20)21)15-8-12(19)16-6-3-14-4-7-16/h1-2,5,14H,3-4,6-9H2,(H,15,18)(H,20,21). The van der Waals surface area contributed by atoms with Crippen LogP contribution in [-0.2, 0) is 16.1 Å². The molecule has 3 N–H and O–H groups in total. The summed E-state index contributed by atoms with van der Waals surface area (Å²) in [6.45, 7) is 2.59. The van der Waals surface area contributed by atoms with Crippen LogP contribution in [0.1, 0.15) is 10.5 Å². The zero-order valence-corrected chi connectivity index (χ0v) is 11.5. The van der Waals surface area contributed by atoms with Gasteiger partial charge in [0, 0.05) is 32.4 Å². The van der Waals surface area contributed by atoms with Crippen LogP contribution in [0.4, 0.5) is 0 Å². The number of piperazine rings is 1. The minimum Gasteiger partial charge on any atom is -0.477 e. The van der Waals surface area contributed by atoms with Crippen molar-refractivity contribution in [2.75, 3.05) is 32.7 Å². The van der Waals surface area contributed by atoms with Crippen LogP contribution in [0.5, 0.6) is 0 Å². The summed E-state index contributed by atoms with van der Waals surface area (Å²) in [5, 5.41) is 14.6. The second-order valence-electron chi connectivity index (χ2n) is 4.73. The Balaban J connectivity index is 1.80. The van der Waals surface area contributed by atoms with Crippen LogP contribution in [0.25, 0.3) is 0 Å². The number of aromatic carboxylic acids is 1. The number of carbonyl (C=O) groups excluding carboxylic acids is 2. The number of amides is 2. The maximum atomic E-state index is 11.9. The van der Waals surface area contributed by atoms with Gasteiger partial charge in [-0.1, -0.05) is 0 Å². The van der Waals surface area contributed by atoms with E-state index >= 15 is 0 Å². The molecule has 1 aromatic rings. The van der Waals surface area contributed by atoms with E-state index in [2.05, 4.69) is 10.6 Å². The molecule has 2 heterocycles. The monoisotopic (exact) mass is 294 g/mol. The minimum atomic E-state index is -1.09. The Morgan fingerprint density at radius 1 is 1.29 bits per heavy atom. The van der Waals surface area contributed by atoms with E-state index in [0.717, 1.165) is 13.1 Å². The van der Waals surface area contributed by atoms with Crippen LogP contribution in [0.3, 0.4) is 0 Å². The molecule has 0 radical (unpaired) electrons. The van der Waals surface area contributed by atoms with E-state index in [9.17, 15) is 14.4 Å². The molecular weight excluding hydrogens is 276 g/mol. The third-order valence-electron chi connectivity index (χ3n) is 3.27. The Morgan fingerprint density at radius 3 is 2.67 bits per heavy atom. The average molecular weight is 294 g/mol. The van der Waals surface area contributed by atoms with Crippen LogP contribution in [-0.4, -0.2) is 65.1 Å². The van der Waals surface area contributed by atoms with Gasteiger partial charge >= 0.3 is 5.97 Å². The number of carboxylic acid groups (broad SMARTS) is 1. The number of rotatable bonds is 5. The molecule has 1 aliphatic rings. The highest BCUT2D eigenvalue weighted by atomic mass is 16.4. The maximum absolute atomic E-state index is 11.9. The molecule has 2 amide bonds. The van der Waals surface area contributed by atoms with Crippen LogP contribution in [0.2, 0.25) is 0 Å². The zero-order valence-electron chi connectivity index (χ0n) is 11.5. The van der Waals surface area contributed by atoms with Crippen molar-refractivity contribution in [2.45, 2.75) is 6.54 Å². The van der Waals surface area contributed by atoms with Crippen molar-refractivity contribution in [1.82, 2.24) is 20.1 Å². The molecule has 21 heavy (non-hydrogen) atoms. The fourth-order valence-corrected chi connectivity index (χ4v) is 2.16. The lowest BCUT2D eigenvalue weighted by Crippen LogP contribution is -2.49. The zero-order chi connectivity index (χ0) is 15.2. The highest BCUT2D eigenvalue weighted by molar-refractivity contribution is 5.88. The van der Waals surface area contributed by atoms with Crippen molar-refractivity contribution in [3.05, 3.63) is 24.0 Å². The van der Waals surface area contributed by atoms with Crippen molar-refractivity contribution >= 4 is 17.8 Å². The molecule has 0 aromatic carbocycles. The molecule has 0 atom stereocenters. The van der Waals surface area contributed by atoms with E-state index in [1.807, 2.05) is 0 Å². The molecular formula is C13H18N4O4. The molecule has 0 spiro atoms. The van der Waals surface area contributed by atoms with E-state index in [1.54, 1.807) is 11.0 Å². The predicted octanol–water partition coefficient (Wildman–Crippen LogP) is -1.27. The molecule has 8 nitrogen and oxygen atoms in total. The first-order valence-electron chi connectivity index (χ1n) is 6.71. The van der Waals surface area contributed by atoms with Gasteiger partial charge in [0.2, 0.25) is 11.8 Å². The van der Waals surface area contributed by atoms with Crippen LogP contribution >= 0.6 is 0 Å². The molecule has 0 aliphatic carbocycles. The number of aromatic nitrogens is 1. The van der Waals surface area contributed by atoms with Crippen molar-refractivity contribution in [2.24, 2.45) is 0 Å². The van der Waals surface area contributed by atoms with E-state index < -0.39 is 11.9 Å². The lowest BCUT2D eigenvalue weighted by atomic mass is 10.3. The smallest absolute Gasteiger partial charge is 0.352 e. The van der Waals surface area contributed by atoms with Gasteiger partial charge in [0.05, 0.1) is 6.54 Å². The molecule has 1 aromatic heterocycles. The van der Waals surface area contributed by atoms with Gasteiger partial charge in [-0.2, -0.15) is 0 Å². The second kappa shape index (κ2) is 6.89. The fourth-order valence-electron chi connectivity index (χ4n) is 2.16. The van der Waals surface area contributed by atoms with Gasteiger partial charge in [0.1, 0.15) is 12.2 Å². The summed E-state index contributed by atoms with van der Waals surface area (Å²) >= 11 is 0. The molecule has 1 saturated heterocycles. The molecule has 8 heteroatoms. The number of hydrogen-bond donors (Lipinski definition) is 3. The minimum absolute atomic E-state index is 0.0404. The Hall–Kier alpha value is -2.35. The van der Waals surface area contributed by atoms with Gasteiger partial charge in [0.15, 0.2) is 0 Å². The van der Waals surface area contributed by atoms with Gasteiger partial charge in [-0.05, 0) is 12.1 Å². The summed E-state index contributed by atoms with van der Waals surface area (Å²) in [6, 6.07) is 2.98. The first-order valence-corrected chi connectivity index (χ1v) is 6.71. The lowest BCUT2D eigenvalue weighted by Gasteiger charge is -2.27. The Bertz CT molecular complexity index is 534. The van der Waals surface area contributed by atoms with E-state index in [4.69, 9.17) is 5.11 Å². The van der Waals surface area contributed by atoms with Gasteiger partial charge in [-0.3, -0.25) is 9.59 Å². The number of carboxylic acids is 1. The molecule has 0 bridgehead atoms. The highest BCUT2D eigenvalue weighted by Gasteiger charge is 2.17. The number of nitrogens with zero attached hydrogens (tertiary/aromatic N) is 2. The van der Waals surface area contributed by atoms with Gasteiger partial charge in [-0.25, -0.2) is 4.79 Å². The van der Waals surface area contributed by atoms with Crippen molar-refractivity contribution in [3.63, 3.8) is 0 Å². The molecule has 1 aliphatic heterocycles. The highest BCUT2D eigenvalue weighted by Crippen LogP contribution is 2.01. The largest absolute Gasteiger partial charge is 0.477 e. The van der Waals surface area contributed by atoms with Crippen molar-refractivity contribution in [1.29, 1.82) is 0 Å². The summed E-state index contributed by atoms with van der Waals surface area (Å²) in [4.78, 5) is 36.2. The SMILES string of the molecule is O=C(Cn1cccc1C(=O)O)NCC(=O)N1CCNCC1. The molecule has 114 valence electrons. The Kier molecular flexibility index (Phi) is 4.94. The summed E-state index contributed by atoms with van der Waals surface area (Å²) in [7, 11) is 0. The van der Waals surface area contributed by atoms with Gasteiger partial charge < -0.3 is 25.2 Å². The molecule has 0 saturated carbocycles. The third kappa shape index (κ3) is 4.06. The topological polar surface area (TPSA) is 104 Å². The third-order valence-corrected chi connectivity index (χ3v) is 3.27. The summed E-state index contributed by atoms with van der Waals surface area (Å²) in [5.41, 5.74) is 0.0404. The lowest BCUT2D eigenvalue weighted by molar-refractivity contribution is -0.133. The predicted molar refractivity (Wildman–Crippen MR) is 73.9 cm³/mol. The van der Waals surface area contributed by atoms with E-state index in [-0.39, 0.29) is 24.7 Å². The van der Waals surface area contributed by atoms with Crippen molar-refractivity contribution < 1.29 is 19.5 Å². The summed E-state index contributed by atoms with van der Waals surface area (Å²) in [6.07, 6.45) is 1.52. The quantitative estimate of drug-likeness (QED) is 0.628. The first-order chi connectivity index (χ1) is 10.1. The molecule has 0 unspecified atom stereocenters. The Labute approximate surface area is 121 Å².